The van der Waals surface area contributed by atoms with Crippen molar-refractivity contribution < 1.29 is 19.4 Å². The Balaban J connectivity index is 1.78. The third kappa shape index (κ3) is 3.71. The molecule has 0 aliphatic carbocycles. The van der Waals surface area contributed by atoms with Crippen molar-refractivity contribution in [2.45, 2.75) is 44.8 Å². The highest BCUT2D eigenvalue weighted by Gasteiger charge is 2.43. The quantitative estimate of drug-likeness (QED) is 0.780. The first kappa shape index (κ1) is 19.1. The molecule has 26 heavy (non-hydrogen) atoms. The molecule has 0 radical (unpaired) electrons. The number of phenols is 1. The lowest BCUT2D eigenvalue weighted by Gasteiger charge is -2.37. The molecule has 0 aromatic heterocycles. The van der Waals surface area contributed by atoms with Gasteiger partial charge in [-0.2, -0.15) is 0 Å². The van der Waals surface area contributed by atoms with Crippen molar-refractivity contribution in [1.82, 2.24) is 9.80 Å². The summed E-state index contributed by atoms with van der Waals surface area (Å²) in [4.78, 5) is 28.0. The van der Waals surface area contributed by atoms with Crippen LogP contribution < -0.4 is 0 Å². The Morgan fingerprint density at radius 2 is 1.96 bits per heavy atom. The number of nitrogens with zero attached hydrogens (tertiary/aromatic N) is 2. The van der Waals surface area contributed by atoms with Crippen LogP contribution in [0.15, 0.2) is 12.1 Å². The highest BCUT2D eigenvalue weighted by Crippen LogP contribution is 2.43. The van der Waals surface area contributed by atoms with Gasteiger partial charge in [-0.25, -0.2) is 4.79 Å². The third-order valence-corrected chi connectivity index (χ3v) is 5.48. The first-order valence-electron chi connectivity index (χ1n) is 8.51. The van der Waals surface area contributed by atoms with Gasteiger partial charge < -0.3 is 14.7 Å². The number of aromatic hydroxyl groups is 1. The zero-order chi connectivity index (χ0) is 19.2. The van der Waals surface area contributed by atoms with Crippen LogP contribution in [0.5, 0.6) is 5.75 Å². The lowest BCUT2D eigenvalue weighted by Crippen LogP contribution is -2.56. The number of ether oxygens (including phenoxy) is 1. The van der Waals surface area contributed by atoms with Crippen molar-refractivity contribution in [3.63, 3.8) is 0 Å². The second kappa shape index (κ2) is 6.82. The Kier molecular flexibility index (Phi) is 5.01. The molecule has 2 heterocycles. The van der Waals surface area contributed by atoms with Gasteiger partial charge in [-0.05, 0) is 39.3 Å². The molecular weight excluding hydrogens is 379 g/mol. The standard InChI is InChI=1S/C18H22Cl2N2O4/c1-18(2,3)26-17(25)21-8-11-6-10(7-22(11)14(24)9-21)15-13(23)5-4-12(19)16(15)20/h4-5,10-11,23H,6-9H2,1-3H3/t10-,11-/m0/s1. The fraction of sp³-hybridized carbons (Fsp3) is 0.556. The lowest BCUT2D eigenvalue weighted by atomic mass is 9.95. The summed E-state index contributed by atoms with van der Waals surface area (Å²) in [7, 11) is 0. The van der Waals surface area contributed by atoms with Crippen molar-refractivity contribution >= 4 is 35.2 Å². The number of halogens is 2. The van der Waals surface area contributed by atoms with Crippen molar-refractivity contribution in [2.75, 3.05) is 19.6 Å². The first-order chi connectivity index (χ1) is 12.1. The predicted molar refractivity (Wildman–Crippen MR) is 98.8 cm³/mol. The molecule has 1 aromatic carbocycles. The second-order valence-electron chi connectivity index (χ2n) is 7.79. The molecule has 1 aromatic rings. The van der Waals surface area contributed by atoms with Crippen molar-refractivity contribution in [3.05, 3.63) is 27.7 Å². The number of hydrogen-bond acceptors (Lipinski definition) is 4. The molecule has 8 heteroatoms. The molecule has 6 nitrogen and oxygen atoms in total. The molecule has 0 spiro atoms. The molecule has 2 fully saturated rings. The van der Waals surface area contributed by atoms with Crippen LogP contribution in [0.3, 0.4) is 0 Å². The number of fused-ring (bicyclic) bond motifs is 1. The topological polar surface area (TPSA) is 70.1 Å². The van der Waals surface area contributed by atoms with E-state index in [0.717, 1.165) is 0 Å². The van der Waals surface area contributed by atoms with E-state index in [4.69, 9.17) is 27.9 Å². The normalized spacial score (nSPS) is 23.2. The number of carbonyl (C=O) groups is 2. The Morgan fingerprint density at radius 1 is 1.27 bits per heavy atom. The first-order valence-corrected chi connectivity index (χ1v) is 9.26. The Hall–Kier alpha value is -1.66. The summed E-state index contributed by atoms with van der Waals surface area (Å²) >= 11 is 12.4. The van der Waals surface area contributed by atoms with Gasteiger partial charge in [0.2, 0.25) is 5.91 Å². The largest absolute Gasteiger partial charge is 0.508 e. The van der Waals surface area contributed by atoms with Crippen LogP contribution in [-0.4, -0.2) is 58.2 Å². The molecule has 2 atom stereocenters. The zero-order valence-electron chi connectivity index (χ0n) is 15.0. The molecule has 2 amide bonds. The molecule has 0 bridgehead atoms. The summed E-state index contributed by atoms with van der Waals surface area (Å²) in [5.41, 5.74) is -0.0551. The number of piperazine rings is 1. The monoisotopic (exact) mass is 400 g/mol. The van der Waals surface area contributed by atoms with Crippen LogP contribution in [0.2, 0.25) is 10.0 Å². The molecule has 142 valence electrons. The second-order valence-corrected chi connectivity index (χ2v) is 8.57. The molecular formula is C18H22Cl2N2O4. The Morgan fingerprint density at radius 3 is 2.62 bits per heavy atom. The number of carbonyl (C=O) groups excluding carboxylic acids is 2. The summed E-state index contributed by atoms with van der Waals surface area (Å²) in [6.45, 7) is 6.21. The number of benzene rings is 1. The minimum Gasteiger partial charge on any atom is -0.508 e. The maximum atomic E-state index is 12.5. The molecule has 0 unspecified atom stereocenters. The zero-order valence-corrected chi connectivity index (χ0v) is 16.5. The molecule has 0 saturated carbocycles. The summed E-state index contributed by atoms with van der Waals surface area (Å²) < 4.78 is 5.38. The molecule has 3 rings (SSSR count). The average Bonchev–Trinajstić information content (AvgIpc) is 2.94. The van der Waals surface area contributed by atoms with Crippen molar-refractivity contribution in [3.8, 4) is 5.75 Å². The van der Waals surface area contributed by atoms with Crippen molar-refractivity contribution in [2.24, 2.45) is 0 Å². The van der Waals surface area contributed by atoms with Gasteiger partial charge in [0.25, 0.3) is 0 Å². The highest BCUT2D eigenvalue weighted by molar-refractivity contribution is 6.42. The SMILES string of the molecule is CC(C)(C)OC(=O)N1CC(=O)N2C[C@@H](c3c(O)ccc(Cl)c3Cl)C[C@H]2C1. The Labute approximate surface area is 162 Å². The van der Waals surface area contributed by atoms with E-state index in [0.29, 0.717) is 35.1 Å². The number of hydrogen-bond donors (Lipinski definition) is 1. The maximum Gasteiger partial charge on any atom is 0.410 e. The van der Waals surface area contributed by atoms with Crippen LogP contribution in [0.4, 0.5) is 4.79 Å². The molecule has 2 aliphatic rings. The van der Waals surface area contributed by atoms with Gasteiger partial charge in [-0.15, -0.1) is 0 Å². The lowest BCUT2D eigenvalue weighted by molar-refractivity contribution is -0.137. The fourth-order valence-electron chi connectivity index (χ4n) is 3.59. The van der Waals surface area contributed by atoms with Gasteiger partial charge in [0.05, 0.1) is 16.1 Å². The van der Waals surface area contributed by atoms with E-state index in [1.54, 1.807) is 31.7 Å². The van der Waals surface area contributed by atoms with E-state index in [1.807, 2.05) is 0 Å². The van der Waals surface area contributed by atoms with E-state index < -0.39 is 11.7 Å². The van der Waals surface area contributed by atoms with Crippen LogP contribution in [0.25, 0.3) is 0 Å². The van der Waals surface area contributed by atoms with E-state index in [9.17, 15) is 14.7 Å². The average molecular weight is 401 g/mol. The van der Waals surface area contributed by atoms with E-state index in [1.165, 1.54) is 11.0 Å². The number of phenolic OH excluding ortho intramolecular Hbond substituents is 1. The highest BCUT2D eigenvalue weighted by atomic mass is 35.5. The van der Waals surface area contributed by atoms with Gasteiger partial charge in [0, 0.05) is 24.6 Å². The van der Waals surface area contributed by atoms with E-state index in [-0.39, 0.29) is 30.2 Å². The minimum atomic E-state index is -0.615. The molecule has 2 saturated heterocycles. The van der Waals surface area contributed by atoms with Crippen molar-refractivity contribution in [1.29, 1.82) is 0 Å². The van der Waals surface area contributed by atoms with Gasteiger partial charge in [0.15, 0.2) is 0 Å². The molecule has 1 N–H and O–H groups in total. The smallest absolute Gasteiger partial charge is 0.410 e. The van der Waals surface area contributed by atoms with Gasteiger partial charge in [0.1, 0.15) is 17.9 Å². The fourth-order valence-corrected chi connectivity index (χ4v) is 4.07. The Bertz CT molecular complexity index is 747. The summed E-state index contributed by atoms with van der Waals surface area (Å²) in [5.74, 6) is -0.193. The third-order valence-electron chi connectivity index (χ3n) is 4.66. The summed E-state index contributed by atoms with van der Waals surface area (Å²) in [6, 6.07) is 2.92. The number of amides is 2. The van der Waals surface area contributed by atoms with E-state index >= 15 is 0 Å². The maximum absolute atomic E-state index is 12.5. The van der Waals surface area contributed by atoms with Gasteiger partial charge in [-0.1, -0.05) is 23.2 Å². The van der Waals surface area contributed by atoms with Gasteiger partial charge >= 0.3 is 6.09 Å². The van der Waals surface area contributed by atoms with Crippen LogP contribution in [-0.2, 0) is 9.53 Å². The van der Waals surface area contributed by atoms with E-state index in [2.05, 4.69) is 0 Å². The van der Waals surface area contributed by atoms with Crippen LogP contribution in [0.1, 0.15) is 38.7 Å². The van der Waals surface area contributed by atoms with Crippen LogP contribution >= 0.6 is 23.2 Å². The predicted octanol–water partition coefficient (Wildman–Crippen LogP) is 3.63. The summed E-state index contributed by atoms with van der Waals surface area (Å²) in [6.07, 6.45) is 0.108. The number of rotatable bonds is 1. The summed E-state index contributed by atoms with van der Waals surface area (Å²) in [5, 5.41) is 10.9. The minimum absolute atomic E-state index is 0.00655. The van der Waals surface area contributed by atoms with Crippen LogP contribution in [0, 0.1) is 0 Å². The van der Waals surface area contributed by atoms with Gasteiger partial charge in [-0.3, -0.25) is 9.69 Å². The molecule has 2 aliphatic heterocycles.